The number of nitrogens with one attached hydrogen (secondary N) is 2. The summed E-state index contributed by atoms with van der Waals surface area (Å²) in [5.41, 5.74) is 2.34. The molecule has 1 amide bonds. The van der Waals surface area contributed by atoms with Crippen LogP contribution in [0.15, 0.2) is 24.3 Å². The topological polar surface area (TPSA) is 61.4 Å². The highest BCUT2D eigenvalue weighted by Crippen LogP contribution is 2.32. The zero-order valence-electron chi connectivity index (χ0n) is 11.5. The minimum absolute atomic E-state index is 0.00297. The fraction of sp³-hybridized carbons (Fsp3) is 0.533. The molecule has 2 atom stereocenters. The first kappa shape index (κ1) is 13.9. The Morgan fingerprint density at radius 3 is 2.95 bits per heavy atom. The lowest BCUT2D eigenvalue weighted by atomic mass is 9.97. The summed E-state index contributed by atoms with van der Waals surface area (Å²) in [6.07, 6.45) is -0.00704. The Balaban J connectivity index is 1.84. The molecule has 0 fully saturated rings. The van der Waals surface area contributed by atoms with Gasteiger partial charge in [0, 0.05) is 31.1 Å². The highest BCUT2D eigenvalue weighted by atomic mass is 16.3. The van der Waals surface area contributed by atoms with E-state index in [1.807, 2.05) is 32.0 Å². The molecule has 0 saturated carbocycles. The van der Waals surface area contributed by atoms with E-state index >= 15 is 0 Å². The second-order valence-electron chi connectivity index (χ2n) is 5.48. The van der Waals surface area contributed by atoms with Crippen molar-refractivity contribution in [1.29, 1.82) is 0 Å². The van der Waals surface area contributed by atoms with Gasteiger partial charge in [0.25, 0.3) is 0 Å². The van der Waals surface area contributed by atoms with Crippen LogP contribution in [0.25, 0.3) is 0 Å². The van der Waals surface area contributed by atoms with Crippen LogP contribution in [0.2, 0.25) is 0 Å². The summed E-state index contributed by atoms with van der Waals surface area (Å²) in [6, 6.07) is 8.10. The number of aliphatic hydroxyl groups excluding tert-OH is 1. The van der Waals surface area contributed by atoms with Gasteiger partial charge >= 0.3 is 0 Å². The first-order chi connectivity index (χ1) is 9.08. The van der Waals surface area contributed by atoms with Crippen molar-refractivity contribution in [2.24, 2.45) is 5.92 Å². The van der Waals surface area contributed by atoms with E-state index in [2.05, 4.69) is 16.7 Å². The molecular formula is C15H22N2O2. The minimum atomic E-state index is -0.474. The van der Waals surface area contributed by atoms with Crippen molar-refractivity contribution in [1.82, 2.24) is 5.32 Å². The number of anilines is 1. The van der Waals surface area contributed by atoms with E-state index in [9.17, 15) is 9.90 Å². The number of aliphatic hydroxyl groups is 1. The molecule has 1 aliphatic heterocycles. The zero-order valence-corrected chi connectivity index (χ0v) is 11.5. The highest BCUT2D eigenvalue weighted by Gasteiger charge is 2.24. The third-order valence-electron chi connectivity index (χ3n) is 3.65. The Morgan fingerprint density at radius 2 is 2.21 bits per heavy atom. The Kier molecular flexibility index (Phi) is 4.43. The monoisotopic (exact) mass is 262 g/mol. The molecule has 2 rings (SSSR count). The molecule has 1 heterocycles. The summed E-state index contributed by atoms with van der Waals surface area (Å²) < 4.78 is 0. The lowest BCUT2D eigenvalue weighted by Crippen LogP contribution is -2.35. The van der Waals surface area contributed by atoms with Gasteiger partial charge in [-0.1, -0.05) is 32.0 Å². The lowest BCUT2D eigenvalue weighted by molar-refractivity contribution is -0.122. The van der Waals surface area contributed by atoms with Crippen molar-refractivity contribution in [2.45, 2.75) is 32.3 Å². The number of para-hydroxylation sites is 1. The molecule has 1 aliphatic rings. The maximum Gasteiger partial charge on any atom is 0.220 e. The van der Waals surface area contributed by atoms with Crippen molar-refractivity contribution in [3.05, 3.63) is 29.8 Å². The van der Waals surface area contributed by atoms with Crippen molar-refractivity contribution >= 4 is 11.6 Å². The van der Waals surface area contributed by atoms with Crippen molar-refractivity contribution in [3.63, 3.8) is 0 Å². The Morgan fingerprint density at radius 1 is 1.47 bits per heavy atom. The van der Waals surface area contributed by atoms with Gasteiger partial charge in [-0.05, 0) is 17.5 Å². The number of hydrogen-bond donors (Lipinski definition) is 3. The van der Waals surface area contributed by atoms with Crippen molar-refractivity contribution in [2.75, 3.05) is 18.4 Å². The third kappa shape index (κ3) is 3.47. The van der Waals surface area contributed by atoms with Crippen LogP contribution in [0.1, 0.15) is 31.7 Å². The molecule has 3 N–H and O–H groups in total. The van der Waals surface area contributed by atoms with Gasteiger partial charge in [-0.25, -0.2) is 0 Å². The van der Waals surface area contributed by atoms with Gasteiger partial charge in [0.1, 0.15) is 0 Å². The van der Waals surface area contributed by atoms with E-state index in [1.165, 1.54) is 5.56 Å². The predicted octanol–water partition coefficient (Wildman–Crippen LogP) is 1.72. The molecule has 1 aromatic carbocycles. The summed E-state index contributed by atoms with van der Waals surface area (Å²) in [5.74, 6) is 0.393. The number of rotatable bonds is 5. The van der Waals surface area contributed by atoms with Crippen LogP contribution >= 0.6 is 0 Å². The molecule has 104 valence electrons. The molecule has 0 aliphatic carbocycles. The van der Waals surface area contributed by atoms with E-state index in [0.29, 0.717) is 13.0 Å². The zero-order chi connectivity index (χ0) is 13.8. The summed E-state index contributed by atoms with van der Waals surface area (Å²) in [7, 11) is 0. The maximum absolute atomic E-state index is 11.9. The number of benzene rings is 1. The molecule has 0 saturated heterocycles. The van der Waals surface area contributed by atoms with Crippen LogP contribution in [0.3, 0.4) is 0 Å². The smallest absolute Gasteiger partial charge is 0.220 e. The fourth-order valence-electron chi connectivity index (χ4n) is 2.29. The van der Waals surface area contributed by atoms with Crippen LogP contribution in [0.4, 0.5) is 5.69 Å². The second-order valence-corrected chi connectivity index (χ2v) is 5.48. The van der Waals surface area contributed by atoms with Crippen LogP contribution in [-0.2, 0) is 4.79 Å². The van der Waals surface area contributed by atoms with Gasteiger partial charge < -0.3 is 15.7 Å². The molecule has 4 nitrogen and oxygen atoms in total. The number of carbonyl (C=O) groups is 1. The molecule has 1 aromatic rings. The first-order valence-corrected chi connectivity index (χ1v) is 6.85. The Labute approximate surface area is 114 Å². The van der Waals surface area contributed by atoms with Gasteiger partial charge in [-0.15, -0.1) is 0 Å². The highest BCUT2D eigenvalue weighted by molar-refractivity contribution is 5.78. The largest absolute Gasteiger partial charge is 0.391 e. The number of amides is 1. The van der Waals surface area contributed by atoms with Gasteiger partial charge in [0.05, 0.1) is 6.10 Å². The molecule has 0 spiro atoms. The van der Waals surface area contributed by atoms with Crippen LogP contribution in [0.5, 0.6) is 0 Å². The number of hydrogen-bond acceptors (Lipinski definition) is 3. The Hall–Kier alpha value is -1.55. The molecule has 4 heteroatoms. The van der Waals surface area contributed by atoms with Gasteiger partial charge in [-0.2, -0.15) is 0 Å². The summed E-state index contributed by atoms with van der Waals surface area (Å²) in [6.45, 7) is 5.01. The predicted molar refractivity (Wildman–Crippen MR) is 76.1 cm³/mol. The van der Waals surface area contributed by atoms with Crippen LogP contribution in [-0.4, -0.2) is 30.2 Å². The Bertz CT molecular complexity index is 446. The SMILES string of the molecule is CC(C)C(O)CNC(=O)CC1CNc2ccccc21. The summed E-state index contributed by atoms with van der Waals surface area (Å²) in [5, 5.41) is 15.8. The quantitative estimate of drug-likeness (QED) is 0.757. The molecule has 2 unspecified atom stereocenters. The van der Waals surface area contributed by atoms with E-state index in [-0.39, 0.29) is 17.7 Å². The lowest BCUT2D eigenvalue weighted by Gasteiger charge is -2.16. The van der Waals surface area contributed by atoms with Crippen molar-refractivity contribution < 1.29 is 9.90 Å². The van der Waals surface area contributed by atoms with Crippen LogP contribution < -0.4 is 10.6 Å². The van der Waals surface area contributed by atoms with E-state index in [1.54, 1.807) is 0 Å². The molecule has 19 heavy (non-hydrogen) atoms. The van der Waals surface area contributed by atoms with Crippen molar-refractivity contribution in [3.8, 4) is 0 Å². The second kappa shape index (κ2) is 6.06. The van der Waals surface area contributed by atoms with Gasteiger partial charge in [0.2, 0.25) is 5.91 Å². The van der Waals surface area contributed by atoms with Gasteiger partial charge in [-0.3, -0.25) is 4.79 Å². The van der Waals surface area contributed by atoms with E-state index in [0.717, 1.165) is 12.2 Å². The molecule has 0 radical (unpaired) electrons. The van der Waals surface area contributed by atoms with E-state index in [4.69, 9.17) is 0 Å². The van der Waals surface area contributed by atoms with Crippen LogP contribution in [0, 0.1) is 5.92 Å². The summed E-state index contributed by atoms with van der Waals surface area (Å²) in [4.78, 5) is 11.9. The fourth-order valence-corrected chi connectivity index (χ4v) is 2.29. The molecule has 0 aromatic heterocycles. The normalized spacial score (nSPS) is 18.8. The molecule has 0 bridgehead atoms. The van der Waals surface area contributed by atoms with E-state index < -0.39 is 6.10 Å². The first-order valence-electron chi connectivity index (χ1n) is 6.85. The van der Waals surface area contributed by atoms with Gasteiger partial charge in [0.15, 0.2) is 0 Å². The number of fused-ring (bicyclic) bond motifs is 1. The maximum atomic E-state index is 11.9. The minimum Gasteiger partial charge on any atom is -0.391 e. The molecular weight excluding hydrogens is 240 g/mol. The third-order valence-corrected chi connectivity index (χ3v) is 3.65. The number of carbonyl (C=O) groups excluding carboxylic acids is 1. The average Bonchev–Trinajstić information content (AvgIpc) is 2.79. The average molecular weight is 262 g/mol. The standard InChI is InChI=1S/C15H22N2O2/c1-10(2)14(18)9-17-15(19)7-11-8-16-13-6-4-3-5-12(11)13/h3-6,10-11,14,16,18H,7-9H2,1-2H3,(H,17,19). The summed E-state index contributed by atoms with van der Waals surface area (Å²) >= 11 is 0.